The van der Waals surface area contributed by atoms with Crippen LogP contribution >= 0.6 is 0 Å². The van der Waals surface area contributed by atoms with Crippen LogP contribution in [0.4, 0.5) is 4.79 Å². The third-order valence-corrected chi connectivity index (χ3v) is 5.25. The second kappa shape index (κ2) is 9.26. The fraction of sp³-hybridized carbons (Fsp3) is 0.120. The molecule has 0 spiro atoms. The molecule has 0 saturated carbocycles. The molecule has 160 valence electrons. The van der Waals surface area contributed by atoms with E-state index in [0.717, 1.165) is 10.5 Å². The first kappa shape index (κ1) is 21.0. The number of amides is 5. The lowest BCUT2D eigenvalue weighted by Gasteiger charge is -2.26. The van der Waals surface area contributed by atoms with E-state index in [1.54, 1.807) is 54.6 Å². The van der Waals surface area contributed by atoms with Gasteiger partial charge in [0.2, 0.25) is 5.91 Å². The van der Waals surface area contributed by atoms with Crippen molar-refractivity contribution in [1.82, 2.24) is 15.5 Å². The number of nitrogens with one attached hydrogen (secondary N) is 2. The largest absolute Gasteiger partial charge is 0.334 e. The molecule has 2 N–H and O–H groups in total. The van der Waals surface area contributed by atoms with E-state index in [2.05, 4.69) is 10.6 Å². The van der Waals surface area contributed by atoms with E-state index in [9.17, 15) is 19.2 Å². The van der Waals surface area contributed by atoms with Gasteiger partial charge in [-0.3, -0.25) is 24.6 Å². The summed E-state index contributed by atoms with van der Waals surface area (Å²) in [6.45, 7) is 0.264. The van der Waals surface area contributed by atoms with Crippen LogP contribution < -0.4 is 10.6 Å². The molecule has 1 aliphatic rings. The van der Waals surface area contributed by atoms with Crippen molar-refractivity contribution in [2.45, 2.75) is 19.0 Å². The van der Waals surface area contributed by atoms with E-state index >= 15 is 0 Å². The van der Waals surface area contributed by atoms with E-state index < -0.39 is 29.8 Å². The maximum absolute atomic E-state index is 13.0. The van der Waals surface area contributed by atoms with Crippen LogP contribution in [0, 0.1) is 0 Å². The zero-order chi connectivity index (χ0) is 22.5. The minimum absolute atomic E-state index is 0.242. The van der Waals surface area contributed by atoms with Gasteiger partial charge in [0.05, 0.1) is 23.6 Å². The van der Waals surface area contributed by atoms with E-state index in [-0.39, 0.29) is 13.0 Å². The van der Waals surface area contributed by atoms with Crippen molar-refractivity contribution < 1.29 is 19.2 Å². The van der Waals surface area contributed by atoms with Crippen LogP contribution in [0.15, 0.2) is 84.9 Å². The van der Waals surface area contributed by atoms with E-state index in [1.807, 2.05) is 30.3 Å². The van der Waals surface area contributed by atoms with Gasteiger partial charge in [-0.05, 0) is 23.3 Å². The van der Waals surface area contributed by atoms with Gasteiger partial charge in [0.1, 0.15) is 0 Å². The zero-order valence-electron chi connectivity index (χ0n) is 17.2. The van der Waals surface area contributed by atoms with Crippen molar-refractivity contribution in [2.75, 3.05) is 0 Å². The minimum Gasteiger partial charge on any atom is -0.334 e. The Balaban J connectivity index is 1.49. The maximum atomic E-state index is 13.0. The lowest BCUT2D eigenvalue weighted by atomic mass is 10.0. The first-order valence-electron chi connectivity index (χ1n) is 10.2. The highest BCUT2D eigenvalue weighted by Crippen LogP contribution is 2.33. The number of urea groups is 1. The molecule has 3 aromatic rings. The van der Waals surface area contributed by atoms with Gasteiger partial charge < -0.3 is 5.32 Å². The molecule has 5 amide bonds. The Morgan fingerprint density at radius 1 is 0.750 bits per heavy atom. The van der Waals surface area contributed by atoms with Gasteiger partial charge in [-0.1, -0.05) is 72.8 Å². The number of carbonyl (C=O) groups excluding carboxylic acids is 4. The first-order chi connectivity index (χ1) is 15.5. The average molecular weight is 427 g/mol. The molecule has 0 fully saturated rings. The summed E-state index contributed by atoms with van der Waals surface area (Å²) in [4.78, 5) is 51.9. The molecular weight excluding hydrogens is 406 g/mol. The number of rotatable bonds is 6. The summed E-state index contributed by atoms with van der Waals surface area (Å²) in [5.74, 6) is -1.51. The Kier molecular flexibility index (Phi) is 6.07. The number of hydrogen-bond donors (Lipinski definition) is 2. The second-order valence-corrected chi connectivity index (χ2v) is 7.37. The third kappa shape index (κ3) is 4.41. The van der Waals surface area contributed by atoms with E-state index in [0.29, 0.717) is 16.7 Å². The highest BCUT2D eigenvalue weighted by Gasteiger charge is 2.41. The SMILES string of the molecule is O=C(C[C@H](c1ccccc1)N1C(=O)c2ccccc2C1=O)NC(=O)NCc1ccccc1. The van der Waals surface area contributed by atoms with Crippen molar-refractivity contribution in [3.63, 3.8) is 0 Å². The fourth-order valence-electron chi connectivity index (χ4n) is 3.70. The highest BCUT2D eigenvalue weighted by molar-refractivity contribution is 6.21. The molecule has 0 bridgehead atoms. The molecule has 1 aliphatic heterocycles. The Bertz CT molecular complexity index is 1130. The van der Waals surface area contributed by atoms with Crippen LogP contribution in [-0.4, -0.2) is 28.7 Å². The third-order valence-electron chi connectivity index (χ3n) is 5.25. The summed E-state index contributed by atoms with van der Waals surface area (Å²) in [5, 5.41) is 4.91. The summed E-state index contributed by atoms with van der Waals surface area (Å²) < 4.78 is 0. The van der Waals surface area contributed by atoms with Crippen LogP contribution in [0.5, 0.6) is 0 Å². The van der Waals surface area contributed by atoms with Crippen LogP contribution in [0.1, 0.15) is 44.3 Å². The average Bonchev–Trinajstić information content (AvgIpc) is 3.07. The van der Waals surface area contributed by atoms with Gasteiger partial charge >= 0.3 is 6.03 Å². The molecule has 1 atom stereocenters. The van der Waals surface area contributed by atoms with Gasteiger partial charge in [0, 0.05) is 6.54 Å². The quantitative estimate of drug-likeness (QED) is 0.589. The number of carbonyl (C=O) groups is 4. The predicted molar refractivity (Wildman–Crippen MR) is 118 cm³/mol. The fourth-order valence-corrected chi connectivity index (χ4v) is 3.70. The summed E-state index contributed by atoms with van der Waals surface area (Å²) in [6.07, 6.45) is -0.242. The summed E-state index contributed by atoms with van der Waals surface area (Å²) in [5.41, 5.74) is 2.13. The van der Waals surface area contributed by atoms with Crippen molar-refractivity contribution in [1.29, 1.82) is 0 Å². The molecule has 1 heterocycles. The van der Waals surface area contributed by atoms with Crippen molar-refractivity contribution in [3.8, 4) is 0 Å². The van der Waals surface area contributed by atoms with Gasteiger partial charge in [-0.15, -0.1) is 0 Å². The van der Waals surface area contributed by atoms with Gasteiger partial charge in [0.15, 0.2) is 0 Å². The van der Waals surface area contributed by atoms with Crippen molar-refractivity contribution >= 4 is 23.8 Å². The van der Waals surface area contributed by atoms with E-state index in [1.165, 1.54) is 0 Å². The Hall–Kier alpha value is -4.26. The highest BCUT2D eigenvalue weighted by atomic mass is 16.2. The lowest BCUT2D eigenvalue weighted by molar-refractivity contribution is -0.120. The molecule has 7 nitrogen and oxygen atoms in total. The number of nitrogens with zero attached hydrogens (tertiary/aromatic N) is 1. The smallest absolute Gasteiger partial charge is 0.321 e. The molecule has 7 heteroatoms. The van der Waals surface area contributed by atoms with Gasteiger partial charge in [0.25, 0.3) is 11.8 Å². The summed E-state index contributed by atoms with van der Waals surface area (Å²) >= 11 is 0. The predicted octanol–water partition coefficient (Wildman–Crippen LogP) is 3.44. The van der Waals surface area contributed by atoms with Crippen molar-refractivity contribution in [3.05, 3.63) is 107 Å². The standard InChI is InChI=1S/C25H21N3O4/c29-22(27-25(32)26-16-17-9-3-1-4-10-17)15-21(18-11-5-2-6-12-18)28-23(30)19-13-7-8-14-20(19)24(28)31/h1-14,21H,15-16H2,(H2,26,27,29,32)/t21-/m1/s1. The Morgan fingerprint density at radius 3 is 1.88 bits per heavy atom. The monoisotopic (exact) mass is 427 g/mol. The molecule has 32 heavy (non-hydrogen) atoms. The number of hydrogen-bond acceptors (Lipinski definition) is 4. The Labute approximate surface area is 185 Å². The van der Waals surface area contributed by atoms with Crippen LogP contribution in [0.3, 0.4) is 0 Å². The van der Waals surface area contributed by atoms with Gasteiger partial charge in [-0.25, -0.2) is 4.79 Å². The van der Waals surface area contributed by atoms with Crippen LogP contribution in [0.2, 0.25) is 0 Å². The molecule has 4 rings (SSSR count). The topological polar surface area (TPSA) is 95.6 Å². The van der Waals surface area contributed by atoms with Crippen LogP contribution in [-0.2, 0) is 11.3 Å². The Morgan fingerprint density at radius 2 is 1.28 bits per heavy atom. The number of benzene rings is 3. The first-order valence-corrected chi connectivity index (χ1v) is 10.2. The van der Waals surface area contributed by atoms with Gasteiger partial charge in [-0.2, -0.15) is 0 Å². The molecule has 0 aliphatic carbocycles. The summed E-state index contributed by atoms with van der Waals surface area (Å²) in [6, 6.07) is 23.2. The second-order valence-electron chi connectivity index (χ2n) is 7.37. The molecular formula is C25H21N3O4. The molecule has 0 radical (unpaired) electrons. The number of fused-ring (bicyclic) bond motifs is 1. The zero-order valence-corrected chi connectivity index (χ0v) is 17.2. The van der Waals surface area contributed by atoms with Crippen LogP contribution in [0.25, 0.3) is 0 Å². The van der Waals surface area contributed by atoms with Crippen molar-refractivity contribution in [2.24, 2.45) is 0 Å². The molecule has 0 saturated heterocycles. The lowest BCUT2D eigenvalue weighted by Crippen LogP contribution is -2.42. The number of imide groups is 2. The maximum Gasteiger partial charge on any atom is 0.321 e. The molecule has 0 aromatic heterocycles. The molecule has 0 unspecified atom stereocenters. The van der Waals surface area contributed by atoms with E-state index in [4.69, 9.17) is 0 Å². The molecule has 3 aromatic carbocycles. The summed E-state index contributed by atoms with van der Waals surface area (Å²) in [7, 11) is 0. The normalized spacial score (nSPS) is 13.4. The minimum atomic E-state index is -0.842.